The second-order valence-electron chi connectivity index (χ2n) is 21.8. The van der Waals surface area contributed by atoms with Crippen molar-refractivity contribution >= 4 is 11.9 Å². The highest BCUT2D eigenvalue weighted by Crippen LogP contribution is 2.26. The highest BCUT2D eigenvalue weighted by Gasteiger charge is 2.47. The number of aliphatic hydroxyl groups is 5. The normalized spacial score (nSPS) is 19.5. The number of rotatable bonds is 53. The van der Waals surface area contributed by atoms with Crippen LogP contribution in [0, 0.1) is 0 Å². The molecule has 0 aliphatic carbocycles. The summed E-state index contributed by atoms with van der Waals surface area (Å²) < 4.78 is 17.6. The number of aliphatic hydroxyl groups excluding tert-OH is 5. The van der Waals surface area contributed by atoms with Crippen molar-refractivity contribution in [1.82, 2.24) is 5.32 Å². The molecular weight excluding hydrogens is 991 g/mol. The van der Waals surface area contributed by atoms with Crippen molar-refractivity contribution in [2.45, 2.75) is 307 Å². The monoisotopic (exact) mass is 1110 g/mol. The zero-order valence-electron chi connectivity index (χ0n) is 50.2. The van der Waals surface area contributed by atoms with Crippen LogP contribution in [0.2, 0.25) is 0 Å². The Kier molecular flexibility index (Phi) is 51.4. The van der Waals surface area contributed by atoms with Crippen LogP contribution in [-0.2, 0) is 23.8 Å². The molecule has 1 fully saturated rings. The number of esters is 1. The lowest BCUT2D eigenvalue weighted by Gasteiger charge is -2.41. The maximum absolute atomic E-state index is 13.4. The predicted molar refractivity (Wildman–Crippen MR) is 329 cm³/mol. The van der Waals surface area contributed by atoms with E-state index in [0.29, 0.717) is 12.8 Å². The van der Waals surface area contributed by atoms with Gasteiger partial charge in [-0.2, -0.15) is 0 Å². The molecule has 1 heterocycles. The summed E-state index contributed by atoms with van der Waals surface area (Å²) in [5, 5.41) is 57.0. The molecule has 0 saturated carbocycles. The fourth-order valence-corrected chi connectivity index (χ4v) is 9.41. The summed E-state index contributed by atoms with van der Waals surface area (Å²) in [5.41, 5.74) is 0. The molecule has 0 aromatic heterocycles. The van der Waals surface area contributed by atoms with Crippen molar-refractivity contribution in [2.75, 3.05) is 13.2 Å². The maximum atomic E-state index is 13.4. The van der Waals surface area contributed by atoms with Gasteiger partial charge in [0.2, 0.25) is 5.91 Å². The van der Waals surface area contributed by atoms with Gasteiger partial charge in [-0.3, -0.25) is 9.59 Å². The van der Waals surface area contributed by atoms with Crippen molar-refractivity contribution in [3.63, 3.8) is 0 Å². The number of ether oxygens (including phenoxy) is 3. The van der Waals surface area contributed by atoms with Crippen LogP contribution in [0.25, 0.3) is 0 Å². The molecule has 0 aromatic rings. The van der Waals surface area contributed by atoms with Gasteiger partial charge in [-0.05, 0) is 103 Å². The largest absolute Gasteiger partial charge is 0.454 e. The van der Waals surface area contributed by atoms with Gasteiger partial charge in [-0.1, -0.05) is 246 Å². The standard InChI is InChI=1S/C68H117NO10/c1-4-7-10-13-16-19-22-24-26-28-30-32-33-35-37-40-43-46-49-52-55-61(72)67(76)69-59(60(71)54-51-48-45-42-39-21-18-15-12-9-6-3)58-77-68-66(65(75)64(74)62(57-70)78-68)79-63(73)56-53-50-47-44-41-38-36-34-31-29-27-25-23-20-17-14-11-8-5-2/h8,11,16-17,19-20,24-27,31,34,38,41,51,54,59-62,64-66,68,70-72,74-75H,4-7,9-10,12-15,18,21-23,28-30,32-33,35-37,39-40,42-50,52-53,55-58H2,1-3H3,(H,69,76)/b11-8-,19-16-,20-17-,26-24-,27-25-,34-31-,41-38-,54-51+. The van der Waals surface area contributed by atoms with Gasteiger partial charge in [0.25, 0.3) is 0 Å². The van der Waals surface area contributed by atoms with Gasteiger partial charge in [0.15, 0.2) is 12.4 Å². The Morgan fingerprint density at radius 3 is 1.39 bits per heavy atom. The first-order valence-electron chi connectivity index (χ1n) is 32.0. The van der Waals surface area contributed by atoms with Crippen molar-refractivity contribution in [2.24, 2.45) is 0 Å². The number of hydrogen-bond acceptors (Lipinski definition) is 10. The van der Waals surface area contributed by atoms with E-state index in [1.165, 1.54) is 103 Å². The minimum Gasteiger partial charge on any atom is -0.454 e. The summed E-state index contributed by atoms with van der Waals surface area (Å²) in [6.07, 6.45) is 63.0. The van der Waals surface area contributed by atoms with Crippen molar-refractivity contribution in [1.29, 1.82) is 0 Å². The van der Waals surface area contributed by atoms with Crippen LogP contribution in [0.1, 0.15) is 258 Å². The fraction of sp³-hybridized carbons (Fsp3) is 0.735. The molecule has 454 valence electrons. The number of amides is 1. The quantitative estimate of drug-likeness (QED) is 0.0195. The Morgan fingerprint density at radius 2 is 0.911 bits per heavy atom. The van der Waals surface area contributed by atoms with Crippen LogP contribution in [0.4, 0.5) is 0 Å². The third-order valence-electron chi connectivity index (χ3n) is 14.5. The van der Waals surface area contributed by atoms with E-state index in [1.807, 2.05) is 6.08 Å². The molecule has 1 amide bonds. The Balaban J connectivity index is 2.66. The number of allylic oxidation sites excluding steroid dienone is 15. The lowest BCUT2D eigenvalue weighted by atomic mass is 9.99. The van der Waals surface area contributed by atoms with E-state index in [2.05, 4.69) is 111 Å². The minimum absolute atomic E-state index is 0.0800. The molecule has 8 atom stereocenters. The molecule has 1 aliphatic heterocycles. The molecule has 11 heteroatoms. The molecule has 8 unspecified atom stereocenters. The Hall–Kier alpha value is -3.42. The van der Waals surface area contributed by atoms with Gasteiger partial charge in [-0.25, -0.2) is 0 Å². The molecule has 0 spiro atoms. The third-order valence-corrected chi connectivity index (χ3v) is 14.5. The molecule has 11 nitrogen and oxygen atoms in total. The number of unbranched alkanes of at least 4 members (excludes halogenated alkanes) is 25. The second kappa shape index (κ2) is 55.1. The first kappa shape index (κ1) is 73.6. The maximum Gasteiger partial charge on any atom is 0.306 e. The average molecular weight is 1110 g/mol. The second-order valence-corrected chi connectivity index (χ2v) is 21.8. The number of nitrogens with one attached hydrogen (secondary N) is 1. The van der Waals surface area contributed by atoms with Crippen LogP contribution in [0.5, 0.6) is 0 Å². The fourth-order valence-electron chi connectivity index (χ4n) is 9.41. The number of carbonyl (C=O) groups excluding carboxylic acids is 2. The topological polar surface area (TPSA) is 175 Å². The summed E-state index contributed by atoms with van der Waals surface area (Å²) in [7, 11) is 0. The van der Waals surface area contributed by atoms with Crippen LogP contribution < -0.4 is 5.32 Å². The molecular formula is C68H117NO10. The summed E-state index contributed by atoms with van der Waals surface area (Å²) >= 11 is 0. The summed E-state index contributed by atoms with van der Waals surface area (Å²) in [6.45, 7) is 5.63. The molecule has 6 N–H and O–H groups in total. The lowest BCUT2D eigenvalue weighted by molar-refractivity contribution is -0.305. The number of carbonyl (C=O) groups is 2. The molecule has 0 radical (unpaired) electrons. The zero-order chi connectivity index (χ0) is 57.5. The third kappa shape index (κ3) is 43.0. The minimum atomic E-state index is -1.63. The van der Waals surface area contributed by atoms with Gasteiger partial charge in [-0.15, -0.1) is 0 Å². The Morgan fingerprint density at radius 1 is 0.506 bits per heavy atom. The highest BCUT2D eigenvalue weighted by molar-refractivity contribution is 5.80. The Labute approximate surface area is 482 Å². The molecule has 0 aromatic carbocycles. The predicted octanol–water partition coefficient (Wildman–Crippen LogP) is 15.5. The van der Waals surface area contributed by atoms with Gasteiger partial charge in [0.1, 0.15) is 24.4 Å². The van der Waals surface area contributed by atoms with Crippen LogP contribution in [0.15, 0.2) is 97.2 Å². The van der Waals surface area contributed by atoms with Crippen LogP contribution in [0.3, 0.4) is 0 Å². The van der Waals surface area contributed by atoms with E-state index >= 15 is 0 Å². The van der Waals surface area contributed by atoms with E-state index in [1.54, 1.807) is 6.08 Å². The SMILES string of the molecule is CC/C=C\C/C=C\C/C=C\C/C=C\C/C=C\CCCCCC(=O)OC1C(OCC(NC(=O)C(O)CCCCCCCCCCCC/C=C\C/C=C\CCCCC)C(O)/C=C/CCCCCCCCCCC)OC(CO)C(O)C1O. The van der Waals surface area contributed by atoms with Crippen molar-refractivity contribution in [3.05, 3.63) is 97.2 Å². The van der Waals surface area contributed by atoms with E-state index in [4.69, 9.17) is 14.2 Å². The average Bonchev–Trinajstić information content (AvgIpc) is 3.47. The van der Waals surface area contributed by atoms with Gasteiger partial charge >= 0.3 is 5.97 Å². The molecule has 1 aliphatic rings. The molecule has 0 bridgehead atoms. The summed E-state index contributed by atoms with van der Waals surface area (Å²) in [5.74, 6) is -1.23. The number of hydrogen-bond donors (Lipinski definition) is 6. The van der Waals surface area contributed by atoms with E-state index in [-0.39, 0.29) is 19.4 Å². The smallest absolute Gasteiger partial charge is 0.306 e. The Bertz CT molecular complexity index is 1650. The van der Waals surface area contributed by atoms with Gasteiger partial charge in [0, 0.05) is 6.42 Å². The van der Waals surface area contributed by atoms with Crippen LogP contribution in [-0.4, -0.2) is 99.6 Å². The van der Waals surface area contributed by atoms with Crippen molar-refractivity contribution in [3.8, 4) is 0 Å². The summed E-state index contributed by atoms with van der Waals surface area (Å²) in [6, 6.07) is -1.04. The van der Waals surface area contributed by atoms with Gasteiger partial charge < -0.3 is 45.1 Å². The van der Waals surface area contributed by atoms with E-state index in [0.717, 1.165) is 109 Å². The molecule has 1 saturated heterocycles. The van der Waals surface area contributed by atoms with Crippen LogP contribution >= 0.6 is 0 Å². The highest BCUT2D eigenvalue weighted by atomic mass is 16.7. The first-order chi connectivity index (χ1) is 38.7. The zero-order valence-corrected chi connectivity index (χ0v) is 50.2. The summed E-state index contributed by atoms with van der Waals surface area (Å²) in [4.78, 5) is 26.6. The molecule has 1 rings (SSSR count). The van der Waals surface area contributed by atoms with Gasteiger partial charge in [0.05, 0.1) is 25.4 Å². The lowest BCUT2D eigenvalue weighted by Crippen LogP contribution is -2.61. The van der Waals surface area contributed by atoms with E-state index < -0.39 is 67.4 Å². The van der Waals surface area contributed by atoms with E-state index in [9.17, 15) is 35.1 Å². The molecule has 79 heavy (non-hydrogen) atoms. The first-order valence-corrected chi connectivity index (χ1v) is 32.0. The van der Waals surface area contributed by atoms with Crippen molar-refractivity contribution < 1.29 is 49.3 Å².